The molecule has 0 spiro atoms. The molecule has 0 amide bonds. The van der Waals surface area contributed by atoms with Crippen LogP contribution in [0.2, 0.25) is 0 Å². The van der Waals surface area contributed by atoms with E-state index in [1.807, 2.05) is 0 Å². The summed E-state index contributed by atoms with van der Waals surface area (Å²) in [5.41, 5.74) is 15.5. The van der Waals surface area contributed by atoms with E-state index in [4.69, 9.17) is 27.0 Å². The van der Waals surface area contributed by atoms with Crippen LogP contribution in [-0.2, 0) is 18.9 Å². The van der Waals surface area contributed by atoms with Gasteiger partial charge in [-0.2, -0.15) is 0 Å². The van der Waals surface area contributed by atoms with Crippen LogP contribution < -0.4 is 17.2 Å². The third-order valence-corrected chi connectivity index (χ3v) is 1.76. The SMILES string of the molecule is NC(N)=NCCC[C@H](N)C(=O)OOP(=O)(O)O. The van der Waals surface area contributed by atoms with Gasteiger partial charge in [-0.3, -0.25) is 9.88 Å². The number of carbonyl (C=O) groups excluding carboxylic acids is 1. The van der Waals surface area contributed by atoms with Crippen LogP contribution in [-0.4, -0.2) is 34.3 Å². The van der Waals surface area contributed by atoms with E-state index in [-0.39, 0.29) is 18.9 Å². The number of carbonyl (C=O) groups is 1. The molecule has 0 fully saturated rings. The van der Waals surface area contributed by atoms with E-state index in [2.05, 4.69) is 14.6 Å². The molecule has 10 nitrogen and oxygen atoms in total. The van der Waals surface area contributed by atoms with Crippen molar-refractivity contribution < 1.29 is 28.7 Å². The lowest BCUT2D eigenvalue weighted by molar-refractivity contribution is -0.224. The molecule has 0 aliphatic rings. The van der Waals surface area contributed by atoms with Crippen LogP contribution in [0.4, 0.5) is 0 Å². The van der Waals surface area contributed by atoms with Crippen molar-refractivity contribution in [3.63, 3.8) is 0 Å². The van der Waals surface area contributed by atoms with Gasteiger partial charge in [0, 0.05) is 6.54 Å². The van der Waals surface area contributed by atoms with Gasteiger partial charge in [-0.25, -0.2) is 9.36 Å². The largest absolute Gasteiger partial charge is 0.505 e. The second-order valence-electron chi connectivity index (χ2n) is 3.02. The predicted octanol–water partition coefficient (Wildman–Crippen LogP) is -2.07. The van der Waals surface area contributed by atoms with Crippen LogP contribution >= 0.6 is 7.82 Å². The molecule has 0 aromatic heterocycles. The third-order valence-electron chi connectivity index (χ3n) is 1.49. The smallest absolute Gasteiger partial charge is 0.370 e. The molecule has 0 aromatic rings. The maximum Gasteiger partial charge on any atom is 0.505 e. The van der Waals surface area contributed by atoms with Gasteiger partial charge < -0.3 is 27.0 Å². The van der Waals surface area contributed by atoms with Gasteiger partial charge in [-0.1, -0.05) is 4.67 Å². The normalized spacial score (nSPS) is 12.9. The van der Waals surface area contributed by atoms with Gasteiger partial charge in [0.2, 0.25) is 0 Å². The Balaban J connectivity index is 3.83. The first kappa shape index (κ1) is 15.8. The highest BCUT2D eigenvalue weighted by Gasteiger charge is 2.22. The quantitative estimate of drug-likeness (QED) is 0.0865. The van der Waals surface area contributed by atoms with Crippen molar-refractivity contribution in [3.05, 3.63) is 0 Å². The van der Waals surface area contributed by atoms with Crippen LogP contribution in [0.3, 0.4) is 0 Å². The minimum absolute atomic E-state index is 0.0778. The van der Waals surface area contributed by atoms with Crippen LogP contribution in [0, 0.1) is 0 Å². The Hall–Kier alpha value is -1.19. The molecule has 0 aliphatic carbocycles. The summed E-state index contributed by atoms with van der Waals surface area (Å²) in [7, 11) is -4.86. The Morgan fingerprint density at radius 2 is 2.00 bits per heavy atom. The van der Waals surface area contributed by atoms with Gasteiger partial charge >= 0.3 is 13.8 Å². The highest BCUT2D eigenvalue weighted by molar-refractivity contribution is 7.46. The average molecular weight is 270 g/mol. The van der Waals surface area contributed by atoms with Crippen molar-refractivity contribution in [2.24, 2.45) is 22.2 Å². The number of hydrogen-bond donors (Lipinski definition) is 5. The van der Waals surface area contributed by atoms with Gasteiger partial charge in [-0.05, 0) is 12.8 Å². The molecule has 11 heteroatoms. The fourth-order valence-corrected chi connectivity index (χ4v) is 0.955. The van der Waals surface area contributed by atoms with Gasteiger partial charge in [0.25, 0.3) is 0 Å². The molecule has 0 saturated carbocycles. The molecule has 0 aromatic carbocycles. The molecule has 0 bridgehead atoms. The molecule has 1 atom stereocenters. The number of hydrogen-bond acceptors (Lipinski definition) is 6. The second-order valence-corrected chi connectivity index (χ2v) is 4.15. The number of nitrogens with zero attached hydrogens (tertiary/aromatic N) is 1. The van der Waals surface area contributed by atoms with Crippen LogP contribution in [0.1, 0.15) is 12.8 Å². The van der Waals surface area contributed by atoms with Crippen LogP contribution in [0.15, 0.2) is 4.99 Å². The summed E-state index contributed by atoms with van der Waals surface area (Å²) in [4.78, 5) is 35.0. The fraction of sp³-hybridized carbons (Fsp3) is 0.667. The van der Waals surface area contributed by atoms with E-state index in [0.29, 0.717) is 6.42 Å². The zero-order valence-corrected chi connectivity index (χ0v) is 9.75. The second kappa shape index (κ2) is 7.20. The highest BCUT2D eigenvalue weighted by Crippen LogP contribution is 2.35. The Morgan fingerprint density at radius 1 is 1.41 bits per heavy atom. The Kier molecular flexibility index (Phi) is 6.69. The monoisotopic (exact) mass is 270 g/mol. The first-order chi connectivity index (χ1) is 7.72. The molecule has 0 heterocycles. The van der Waals surface area contributed by atoms with E-state index in [9.17, 15) is 9.36 Å². The molecule has 0 aliphatic heterocycles. The lowest BCUT2D eigenvalue weighted by Crippen LogP contribution is -2.32. The summed E-state index contributed by atoms with van der Waals surface area (Å²) in [5.74, 6) is -1.16. The van der Waals surface area contributed by atoms with Gasteiger partial charge in [0.05, 0.1) is 0 Å². The molecular formula is C6H15N4O6P. The van der Waals surface area contributed by atoms with Gasteiger partial charge in [-0.15, -0.1) is 0 Å². The molecule has 100 valence electrons. The first-order valence-electron chi connectivity index (χ1n) is 4.49. The van der Waals surface area contributed by atoms with Crippen LogP contribution in [0.25, 0.3) is 0 Å². The molecule has 0 rings (SSSR count). The van der Waals surface area contributed by atoms with E-state index < -0.39 is 19.8 Å². The van der Waals surface area contributed by atoms with Gasteiger partial charge in [0.15, 0.2) is 5.96 Å². The van der Waals surface area contributed by atoms with Crippen molar-refractivity contribution in [2.45, 2.75) is 18.9 Å². The number of phosphoric acid groups is 1. The van der Waals surface area contributed by atoms with E-state index in [1.54, 1.807) is 0 Å². The summed E-state index contributed by atoms with van der Waals surface area (Å²) in [6, 6.07) is -1.07. The minimum Gasteiger partial charge on any atom is -0.370 e. The topological polar surface area (TPSA) is 183 Å². The lowest BCUT2D eigenvalue weighted by atomic mass is 10.2. The van der Waals surface area contributed by atoms with Crippen molar-refractivity contribution >= 4 is 19.8 Å². The van der Waals surface area contributed by atoms with E-state index >= 15 is 0 Å². The summed E-state index contributed by atoms with van der Waals surface area (Å²) in [5, 5.41) is 0. The number of nitrogens with two attached hydrogens (primary N) is 3. The molecule has 17 heavy (non-hydrogen) atoms. The molecular weight excluding hydrogens is 255 g/mol. The number of guanidine groups is 1. The molecule has 0 radical (unpaired) electrons. The Morgan fingerprint density at radius 3 is 2.47 bits per heavy atom. The van der Waals surface area contributed by atoms with Crippen molar-refractivity contribution in [2.75, 3.05) is 6.54 Å². The van der Waals surface area contributed by atoms with Gasteiger partial charge in [0.1, 0.15) is 6.04 Å². The first-order valence-corrected chi connectivity index (χ1v) is 6.02. The van der Waals surface area contributed by atoms with E-state index in [1.165, 1.54) is 0 Å². The zero-order valence-electron chi connectivity index (χ0n) is 8.85. The zero-order chi connectivity index (χ0) is 13.5. The maximum absolute atomic E-state index is 11.0. The molecule has 0 unspecified atom stereocenters. The average Bonchev–Trinajstić information content (AvgIpc) is 2.19. The van der Waals surface area contributed by atoms with Crippen molar-refractivity contribution in [3.8, 4) is 0 Å². The summed E-state index contributed by atoms with van der Waals surface area (Å²) in [6.07, 6.45) is 0.588. The number of rotatable bonds is 7. The summed E-state index contributed by atoms with van der Waals surface area (Å²) >= 11 is 0. The Labute approximate surface area is 96.9 Å². The van der Waals surface area contributed by atoms with Crippen molar-refractivity contribution in [1.29, 1.82) is 0 Å². The minimum atomic E-state index is -4.86. The van der Waals surface area contributed by atoms with E-state index in [0.717, 1.165) is 0 Å². The number of aliphatic imine (C=N–C) groups is 1. The highest BCUT2D eigenvalue weighted by atomic mass is 31.2. The maximum atomic E-state index is 11.0. The molecule has 0 saturated heterocycles. The lowest BCUT2D eigenvalue weighted by Gasteiger charge is -2.09. The summed E-state index contributed by atoms with van der Waals surface area (Å²) in [6.45, 7) is 0.280. The third kappa shape index (κ3) is 9.72. The van der Waals surface area contributed by atoms with Crippen molar-refractivity contribution in [1.82, 2.24) is 0 Å². The fourth-order valence-electron chi connectivity index (χ4n) is 0.784. The van der Waals surface area contributed by atoms with Crippen LogP contribution in [0.5, 0.6) is 0 Å². The summed E-state index contributed by atoms with van der Waals surface area (Å²) < 4.78 is 13.7. The molecule has 8 N–H and O–H groups in total. The predicted molar refractivity (Wildman–Crippen MR) is 57.1 cm³/mol. The standard InChI is InChI=1S/C6H15N4O6P/c7-4(2-1-3-10-6(8)9)5(11)15-16-17(12,13)14/h4H,1-3,7H2,(H4,8,9,10)(H2,12,13,14)/t4-/m0/s1. The Bertz CT molecular complexity index is 324.